The predicted molar refractivity (Wildman–Crippen MR) is 83.1 cm³/mol. The van der Waals surface area contributed by atoms with Gasteiger partial charge in [-0.05, 0) is 30.3 Å². The minimum atomic E-state index is -4.65. The number of nitrogens with zero attached hydrogens (tertiary/aromatic N) is 1. The summed E-state index contributed by atoms with van der Waals surface area (Å²) in [4.78, 5) is 14.6. The Morgan fingerprint density at radius 1 is 1.15 bits per heavy atom. The number of pyridine rings is 1. The average molecular weight is 413 g/mol. The molecule has 1 aromatic heterocycles. The maximum atomic E-state index is 12.8. The number of rotatable bonds is 4. The predicted octanol–water partition coefficient (Wildman–Crippen LogP) is 2.91. The number of alkyl halides is 3. The minimum absolute atomic E-state index is 0.339. The zero-order chi connectivity index (χ0) is 19.5. The molecule has 0 saturated heterocycles. The van der Waals surface area contributed by atoms with Crippen LogP contribution >= 0.6 is 11.6 Å². The molecule has 2 aromatic rings. The normalized spacial score (nSPS) is 11.7. The standard InChI is InChI=1S/C13H9ClF4N4O3S/c14-10-5-7(13(16,17)18)6-19-11(10)20-21-12(23)22-26(24,25)9-3-1-8(15)2-4-9/h1-6H,(H,19,20)(H2,21,22,23). The number of anilines is 1. The molecular weight excluding hydrogens is 404 g/mol. The van der Waals surface area contributed by atoms with Crippen LogP contribution in [0.2, 0.25) is 5.02 Å². The van der Waals surface area contributed by atoms with Gasteiger partial charge in [0.15, 0.2) is 5.82 Å². The van der Waals surface area contributed by atoms with E-state index in [9.17, 15) is 30.8 Å². The van der Waals surface area contributed by atoms with Gasteiger partial charge in [-0.3, -0.25) is 5.43 Å². The maximum absolute atomic E-state index is 12.8. The van der Waals surface area contributed by atoms with Gasteiger partial charge in [-0.15, -0.1) is 0 Å². The fourth-order valence-electron chi connectivity index (χ4n) is 1.62. The van der Waals surface area contributed by atoms with Crippen molar-refractivity contribution in [2.75, 3.05) is 5.43 Å². The highest BCUT2D eigenvalue weighted by Crippen LogP contribution is 2.32. The lowest BCUT2D eigenvalue weighted by Gasteiger charge is -2.12. The lowest BCUT2D eigenvalue weighted by molar-refractivity contribution is -0.137. The lowest BCUT2D eigenvalue weighted by Crippen LogP contribution is -2.42. The Labute approximate surface area is 149 Å². The summed E-state index contributed by atoms with van der Waals surface area (Å²) < 4.78 is 75.7. The number of aromatic nitrogens is 1. The van der Waals surface area contributed by atoms with Crippen molar-refractivity contribution in [3.63, 3.8) is 0 Å². The third-order valence-electron chi connectivity index (χ3n) is 2.81. The number of amides is 2. The molecule has 13 heteroatoms. The van der Waals surface area contributed by atoms with Crippen LogP contribution in [0.5, 0.6) is 0 Å². The summed E-state index contributed by atoms with van der Waals surface area (Å²) in [6.07, 6.45) is -4.17. The number of carbonyl (C=O) groups is 1. The third kappa shape index (κ3) is 4.95. The summed E-state index contributed by atoms with van der Waals surface area (Å²) in [6, 6.07) is 2.95. The third-order valence-corrected chi connectivity index (χ3v) is 4.45. The first-order valence-corrected chi connectivity index (χ1v) is 8.42. The molecule has 3 N–H and O–H groups in total. The molecule has 0 aliphatic carbocycles. The molecule has 2 rings (SSSR count). The van der Waals surface area contributed by atoms with Crippen LogP contribution in [0.15, 0.2) is 41.4 Å². The van der Waals surface area contributed by atoms with E-state index in [-0.39, 0.29) is 10.7 Å². The molecular formula is C13H9ClF4N4O3S. The summed E-state index contributed by atoms with van der Waals surface area (Å²) in [5.74, 6) is -1.01. The van der Waals surface area contributed by atoms with Gasteiger partial charge in [0, 0.05) is 6.20 Å². The summed E-state index contributed by atoms with van der Waals surface area (Å²) >= 11 is 5.61. The van der Waals surface area contributed by atoms with E-state index in [1.54, 1.807) is 4.72 Å². The number of hydrogen-bond donors (Lipinski definition) is 3. The molecule has 1 heterocycles. The molecule has 26 heavy (non-hydrogen) atoms. The molecule has 0 bridgehead atoms. The highest BCUT2D eigenvalue weighted by molar-refractivity contribution is 7.90. The Balaban J connectivity index is 2.02. The smallest absolute Gasteiger partial charge is 0.279 e. The van der Waals surface area contributed by atoms with Crippen molar-refractivity contribution in [1.29, 1.82) is 0 Å². The van der Waals surface area contributed by atoms with E-state index in [2.05, 4.69) is 10.4 Å². The first-order chi connectivity index (χ1) is 12.0. The van der Waals surface area contributed by atoms with Crippen molar-refractivity contribution in [1.82, 2.24) is 15.1 Å². The van der Waals surface area contributed by atoms with E-state index < -0.39 is 38.6 Å². The number of carbonyl (C=O) groups excluding carboxylic acids is 1. The van der Waals surface area contributed by atoms with Crippen LogP contribution < -0.4 is 15.6 Å². The molecule has 0 unspecified atom stereocenters. The van der Waals surface area contributed by atoms with E-state index in [4.69, 9.17) is 11.6 Å². The molecule has 0 fully saturated rings. The largest absolute Gasteiger partial charge is 0.417 e. The van der Waals surface area contributed by atoms with Gasteiger partial charge >= 0.3 is 12.2 Å². The average Bonchev–Trinajstić information content (AvgIpc) is 2.52. The van der Waals surface area contributed by atoms with Crippen molar-refractivity contribution in [3.8, 4) is 0 Å². The van der Waals surface area contributed by atoms with Crippen LogP contribution in [-0.4, -0.2) is 19.4 Å². The fourth-order valence-corrected chi connectivity index (χ4v) is 2.74. The first-order valence-electron chi connectivity index (χ1n) is 6.56. The molecule has 0 radical (unpaired) electrons. The van der Waals surface area contributed by atoms with Crippen LogP contribution in [0.1, 0.15) is 5.56 Å². The SMILES string of the molecule is O=C(NNc1ncc(C(F)(F)F)cc1Cl)NS(=O)(=O)c1ccc(F)cc1. The fraction of sp³-hybridized carbons (Fsp3) is 0.0769. The van der Waals surface area contributed by atoms with E-state index in [0.717, 1.165) is 24.3 Å². The zero-order valence-corrected chi connectivity index (χ0v) is 14.0. The second kappa shape index (κ2) is 7.33. The molecule has 0 atom stereocenters. The quantitative estimate of drug-likeness (QED) is 0.529. The van der Waals surface area contributed by atoms with Crippen molar-refractivity contribution < 1.29 is 30.8 Å². The van der Waals surface area contributed by atoms with Crippen LogP contribution in [0.4, 0.5) is 28.2 Å². The van der Waals surface area contributed by atoms with E-state index in [1.165, 1.54) is 0 Å². The zero-order valence-electron chi connectivity index (χ0n) is 12.4. The van der Waals surface area contributed by atoms with Crippen LogP contribution in [0, 0.1) is 5.82 Å². The number of benzene rings is 1. The van der Waals surface area contributed by atoms with Crippen LogP contribution in [0.3, 0.4) is 0 Å². The number of halogens is 5. The van der Waals surface area contributed by atoms with Gasteiger partial charge in [-0.1, -0.05) is 11.6 Å². The number of hydrazine groups is 1. The Morgan fingerprint density at radius 2 is 1.77 bits per heavy atom. The number of nitrogens with one attached hydrogen (secondary N) is 3. The van der Waals surface area contributed by atoms with Crippen LogP contribution in [-0.2, 0) is 16.2 Å². The topological polar surface area (TPSA) is 100 Å². The molecule has 140 valence electrons. The van der Waals surface area contributed by atoms with Crippen molar-refractivity contribution in [3.05, 3.63) is 52.9 Å². The Kier molecular flexibility index (Phi) is 5.56. The highest BCUT2D eigenvalue weighted by Gasteiger charge is 2.31. The van der Waals surface area contributed by atoms with Gasteiger partial charge < -0.3 is 0 Å². The van der Waals surface area contributed by atoms with Gasteiger partial charge in [0.2, 0.25) is 0 Å². The van der Waals surface area contributed by atoms with E-state index in [1.807, 2.05) is 5.43 Å². The monoisotopic (exact) mass is 412 g/mol. The lowest BCUT2D eigenvalue weighted by atomic mass is 10.3. The number of hydrogen-bond acceptors (Lipinski definition) is 5. The molecule has 0 aliphatic heterocycles. The van der Waals surface area contributed by atoms with Gasteiger partial charge in [0.25, 0.3) is 10.0 Å². The molecule has 0 saturated carbocycles. The van der Waals surface area contributed by atoms with E-state index >= 15 is 0 Å². The Hall–Kier alpha value is -2.60. The van der Waals surface area contributed by atoms with E-state index in [0.29, 0.717) is 12.3 Å². The summed E-state index contributed by atoms with van der Waals surface area (Å²) in [6.45, 7) is 0. The summed E-state index contributed by atoms with van der Waals surface area (Å²) in [7, 11) is -4.29. The van der Waals surface area contributed by atoms with Gasteiger partial charge in [-0.25, -0.2) is 32.7 Å². The maximum Gasteiger partial charge on any atom is 0.417 e. The second-order valence-corrected chi connectivity index (χ2v) is 6.78. The summed E-state index contributed by atoms with van der Waals surface area (Å²) in [5, 5.41) is -0.457. The van der Waals surface area contributed by atoms with Gasteiger partial charge in [0.1, 0.15) is 5.82 Å². The Bertz CT molecular complexity index is 920. The Morgan fingerprint density at radius 3 is 2.31 bits per heavy atom. The molecule has 0 aliphatic rings. The second-order valence-electron chi connectivity index (χ2n) is 4.69. The van der Waals surface area contributed by atoms with Crippen molar-refractivity contribution in [2.45, 2.75) is 11.1 Å². The van der Waals surface area contributed by atoms with Crippen LogP contribution in [0.25, 0.3) is 0 Å². The molecule has 1 aromatic carbocycles. The molecule has 0 spiro atoms. The number of urea groups is 1. The first kappa shape index (κ1) is 19.7. The van der Waals surface area contributed by atoms with Crippen molar-refractivity contribution in [2.24, 2.45) is 0 Å². The molecule has 2 amide bonds. The minimum Gasteiger partial charge on any atom is -0.279 e. The van der Waals surface area contributed by atoms with Gasteiger partial charge in [0.05, 0.1) is 15.5 Å². The number of sulfonamides is 1. The summed E-state index contributed by atoms with van der Waals surface area (Å²) in [5.41, 5.74) is 2.83. The highest BCUT2D eigenvalue weighted by atomic mass is 35.5. The van der Waals surface area contributed by atoms with Gasteiger partial charge in [-0.2, -0.15) is 13.2 Å². The van der Waals surface area contributed by atoms with Crippen molar-refractivity contribution >= 4 is 33.5 Å². The molecule has 7 nitrogen and oxygen atoms in total.